The van der Waals surface area contributed by atoms with Crippen LogP contribution in [0.1, 0.15) is 0 Å². The minimum atomic E-state index is -5.84. The summed E-state index contributed by atoms with van der Waals surface area (Å²) in [6.45, 7) is 0. The second-order valence-electron chi connectivity index (χ2n) is 0.921. The molecule has 8 heteroatoms. The molecule has 0 unspecified atom stereocenters. The molecule has 54 valence electrons. The molecule has 0 bridgehead atoms. The first-order valence-electron chi connectivity index (χ1n) is 1.29. The fourth-order valence-corrected chi connectivity index (χ4v) is 0. The van der Waals surface area contributed by atoms with Crippen LogP contribution in [0.3, 0.4) is 0 Å². The van der Waals surface area contributed by atoms with Crippen molar-refractivity contribution in [3.8, 4) is 0 Å². The van der Waals surface area contributed by atoms with E-state index in [9.17, 15) is 13.2 Å². The summed E-state index contributed by atoms with van der Waals surface area (Å²) < 4.78 is 57.5. The summed E-state index contributed by atoms with van der Waals surface area (Å²) in [5.74, 6) is 0. The number of hydrogen-bond donors (Lipinski definition) is 1. The first kappa shape index (κ1) is 11.7. The topological polar surface area (TPSA) is 54.4 Å². The number of hydrogen-bond acceptors (Lipinski definition) is 2. The quantitative estimate of drug-likeness (QED) is 0.323. The molecule has 0 atom stereocenters. The third kappa shape index (κ3) is 3.49. The van der Waals surface area contributed by atoms with Gasteiger partial charge in [-0.3, -0.25) is 4.55 Å². The minimum absolute atomic E-state index is 0. The zero-order valence-corrected chi connectivity index (χ0v) is 5.62. The molecule has 1 N–H and O–H groups in total. The standard InChI is InChI=1S/CHF3O3S.Si/c2-1(3,4)8(5,6)7;/h(H,5,6,7);. The van der Waals surface area contributed by atoms with Crippen molar-refractivity contribution in [2.45, 2.75) is 5.51 Å². The van der Waals surface area contributed by atoms with Crippen molar-refractivity contribution in [2.75, 3.05) is 0 Å². The van der Waals surface area contributed by atoms with Crippen LogP contribution in [-0.4, -0.2) is 29.4 Å². The van der Waals surface area contributed by atoms with Gasteiger partial charge in [0, 0.05) is 11.0 Å². The minimum Gasteiger partial charge on any atom is -0.279 e. The van der Waals surface area contributed by atoms with Crippen LogP contribution in [0.5, 0.6) is 0 Å². The van der Waals surface area contributed by atoms with E-state index < -0.39 is 15.6 Å². The van der Waals surface area contributed by atoms with E-state index in [1.807, 2.05) is 0 Å². The molecule has 0 heterocycles. The summed E-state index contributed by atoms with van der Waals surface area (Å²) in [6.07, 6.45) is 0. The van der Waals surface area contributed by atoms with Crippen LogP contribution in [0.15, 0.2) is 0 Å². The molecule has 0 spiro atoms. The van der Waals surface area contributed by atoms with Gasteiger partial charge < -0.3 is 0 Å². The highest BCUT2D eigenvalue weighted by molar-refractivity contribution is 7.86. The lowest BCUT2D eigenvalue weighted by Crippen LogP contribution is -2.21. The van der Waals surface area contributed by atoms with Crippen LogP contribution in [0.25, 0.3) is 0 Å². The van der Waals surface area contributed by atoms with Crippen LogP contribution >= 0.6 is 0 Å². The van der Waals surface area contributed by atoms with Gasteiger partial charge in [0.1, 0.15) is 0 Å². The Kier molecular flexibility index (Phi) is 3.46. The van der Waals surface area contributed by atoms with Crippen LogP contribution < -0.4 is 0 Å². The van der Waals surface area contributed by atoms with E-state index in [2.05, 4.69) is 0 Å². The monoisotopic (exact) mass is 178 g/mol. The molecule has 0 saturated carbocycles. The maximum Gasteiger partial charge on any atom is 0.522 e. The molecule has 0 aliphatic rings. The Bertz CT molecular complexity index is 168. The van der Waals surface area contributed by atoms with Gasteiger partial charge in [-0.15, -0.1) is 0 Å². The average molecular weight is 178 g/mol. The molecule has 4 radical (unpaired) electrons. The van der Waals surface area contributed by atoms with Crippen molar-refractivity contribution >= 4 is 21.1 Å². The molecule has 0 amide bonds. The average Bonchev–Trinajstić information content (AvgIpc) is 1.25. The van der Waals surface area contributed by atoms with E-state index in [0.717, 1.165) is 0 Å². The normalized spacial score (nSPS) is 12.4. The van der Waals surface area contributed by atoms with E-state index in [0.29, 0.717) is 0 Å². The Labute approximate surface area is 53.6 Å². The highest BCUT2D eigenvalue weighted by Gasteiger charge is 2.44. The Balaban J connectivity index is 0. The van der Waals surface area contributed by atoms with Crippen LogP contribution in [0, 0.1) is 0 Å². The molecule has 3 nitrogen and oxygen atoms in total. The van der Waals surface area contributed by atoms with Crippen molar-refractivity contribution in [3.05, 3.63) is 0 Å². The second kappa shape index (κ2) is 2.67. The van der Waals surface area contributed by atoms with Gasteiger partial charge in [0.2, 0.25) is 0 Å². The van der Waals surface area contributed by atoms with E-state index in [4.69, 9.17) is 13.0 Å². The van der Waals surface area contributed by atoms with Crippen molar-refractivity contribution in [1.29, 1.82) is 0 Å². The molecule has 0 fully saturated rings. The maximum atomic E-state index is 10.7. The lowest BCUT2D eigenvalue weighted by Gasteiger charge is -1.97. The predicted octanol–water partition coefficient (Wildman–Crippen LogP) is 0.0132. The summed E-state index contributed by atoms with van der Waals surface area (Å²) in [6, 6.07) is 0. The lowest BCUT2D eigenvalue weighted by molar-refractivity contribution is -0.0510. The highest BCUT2D eigenvalue weighted by atomic mass is 32.2. The van der Waals surface area contributed by atoms with Crippen LogP contribution in [0.4, 0.5) is 13.2 Å². The number of halogens is 3. The van der Waals surface area contributed by atoms with E-state index in [1.54, 1.807) is 0 Å². The molecular weight excluding hydrogens is 177 g/mol. The molecule has 0 aliphatic heterocycles. The summed E-state index contributed by atoms with van der Waals surface area (Å²) in [5.41, 5.74) is -5.53. The van der Waals surface area contributed by atoms with Gasteiger partial charge in [0.15, 0.2) is 0 Å². The van der Waals surface area contributed by atoms with Gasteiger partial charge in [-0.05, 0) is 0 Å². The summed E-state index contributed by atoms with van der Waals surface area (Å²) >= 11 is 0. The fourth-order valence-electron chi connectivity index (χ4n) is 0. The van der Waals surface area contributed by atoms with Gasteiger partial charge in [-0.1, -0.05) is 0 Å². The molecule has 0 rings (SSSR count). The lowest BCUT2D eigenvalue weighted by atomic mass is 11.6. The Hall–Kier alpha value is -0.0831. The molecule has 0 aromatic carbocycles. The summed E-state index contributed by atoms with van der Waals surface area (Å²) in [5, 5.41) is 0. The first-order chi connectivity index (χ1) is 3.25. The van der Waals surface area contributed by atoms with Crippen LogP contribution in [-0.2, 0) is 10.1 Å². The van der Waals surface area contributed by atoms with Gasteiger partial charge in [0.25, 0.3) is 0 Å². The van der Waals surface area contributed by atoms with Gasteiger partial charge >= 0.3 is 15.6 Å². The first-order valence-corrected chi connectivity index (χ1v) is 2.73. The molecular formula is CHF3O3SSi. The zero-order valence-electron chi connectivity index (χ0n) is 3.81. The number of rotatable bonds is 0. The van der Waals surface area contributed by atoms with E-state index >= 15 is 0 Å². The zero-order chi connectivity index (χ0) is 7.00. The third-order valence-corrected chi connectivity index (χ3v) is 0.877. The largest absolute Gasteiger partial charge is 0.522 e. The predicted molar refractivity (Wildman–Crippen MR) is 23.4 cm³/mol. The molecule has 0 aromatic rings. The summed E-state index contributed by atoms with van der Waals surface area (Å²) in [7, 11) is -5.84. The number of alkyl halides is 3. The van der Waals surface area contributed by atoms with Gasteiger partial charge in [0.05, 0.1) is 0 Å². The third-order valence-electron chi connectivity index (χ3n) is 0.292. The molecule has 0 saturated heterocycles. The Morgan fingerprint density at radius 3 is 1.33 bits per heavy atom. The summed E-state index contributed by atoms with van der Waals surface area (Å²) in [4.78, 5) is 0. The maximum absolute atomic E-state index is 10.7. The molecule has 0 aliphatic carbocycles. The van der Waals surface area contributed by atoms with Gasteiger partial charge in [-0.25, -0.2) is 0 Å². The second-order valence-corrected chi connectivity index (χ2v) is 2.33. The van der Waals surface area contributed by atoms with Gasteiger partial charge in [-0.2, -0.15) is 21.6 Å². The molecule has 9 heavy (non-hydrogen) atoms. The highest BCUT2D eigenvalue weighted by Crippen LogP contribution is 2.20. The Morgan fingerprint density at radius 1 is 1.22 bits per heavy atom. The van der Waals surface area contributed by atoms with Crippen molar-refractivity contribution in [2.24, 2.45) is 0 Å². The van der Waals surface area contributed by atoms with Crippen molar-refractivity contribution in [1.82, 2.24) is 0 Å². The van der Waals surface area contributed by atoms with Crippen molar-refractivity contribution < 1.29 is 26.1 Å². The fraction of sp³-hybridized carbons (Fsp3) is 1.00. The SMILES string of the molecule is O=S(=O)(O)C(F)(F)F.[Si]. The van der Waals surface area contributed by atoms with Crippen molar-refractivity contribution in [3.63, 3.8) is 0 Å². The van der Waals surface area contributed by atoms with E-state index in [-0.39, 0.29) is 11.0 Å². The van der Waals surface area contributed by atoms with E-state index in [1.165, 1.54) is 0 Å². The smallest absolute Gasteiger partial charge is 0.279 e. The molecule has 0 aromatic heterocycles. The Morgan fingerprint density at radius 2 is 1.33 bits per heavy atom. The van der Waals surface area contributed by atoms with Crippen LogP contribution in [0.2, 0.25) is 0 Å².